The van der Waals surface area contributed by atoms with Crippen LogP contribution in [-0.2, 0) is 0 Å². The van der Waals surface area contributed by atoms with E-state index in [4.69, 9.17) is 11.5 Å². The molecule has 122 valence electrons. The number of likely N-dealkylation sites (N-methyl/N-ethyl adjacent to an activating group) is 1. The summed E-state index contributed by atoms with van der Waals surface area (Å²) in [5, 5.41) is 9.94. The number of aromatic nitrogens is 1. The van der Waals surface area contributed by atoms with E-state index in [9.17, 15) is 5.11 Å². The molecule has 6 N–H and O–H groups in total. The normalized spacial score (nSPS) is 19.4. The van der Waals surface area contributed by atoms with E-state index in [-0.39, 0.29) is 5.75 Å². The van der Waals surface area contributed by atoms with Gasteiger partial charge in [-0.05, 0) is 50.7 Å². The predicted molar refractivity (Wildman–Crippen MR) is 95.0 cm³/mol. The van der Waals surface area contributed by atoms with Gasteiger partial charge in [-0.3, -0.25) is 0 Å². The van der Waals surface area contributed by atoms with Gasteiger partial charge in [0, 0.05) is 35.0 Å². The minimum Gasteiger partial charge on any atom is -0.507 e. The zero-order chi connectivity index (χ0) is 16.6. The second-order valence-corrected chi connectivity index (χ2v) is 6.36. The number of nitrogens with two attached hydrogens (primary N) is 2. The van der Waals surface area contributed by atoms with Crippen molar-refractivity contribution in [1.82, 2.24) is 9.88 Å². The lowest BCUT2D eigenvalue weighted by Gasteiger charge is -2.10. The standard InChI is InChI=1S/C18H24N4O/c1-11-14(9-15(19)13-5-3-4-6-16(13)23)18(20)21-17(11)12-7-8-22(2)10-12/h3-6,9,12,21,23H,7-8,10,19-20H2,1-2H3/b15-9-. The Kier molecular flexibility index (Phi) is 4.05. The Hall–Kier alpha value is -2.40. The van der Waals surface area contributed by atoms with Crippen molar-refractivity contribution < 1.29 is 5.11 Å². The molecular formula is C18H24N4O. The lowest BCUT2D eigenvalue weighted by atomic mass is 9.99. The summed E-state index contributed by atoms with van der Waals surface area (Å²) in [5.41, 5.74) is 16.7. The fraction of sp³-hybridized carbons (Fsp3) is 0.333. The van der Waals surface area contributed by atoms with E-state index < -0.39 is 0 Å². The molecule has 0 bridgehead atoms. The molecule has 1 aromatic heterocycles. The highest BCUT2D eigenvalue weighted by molar-refractivity contribution is 5.85. The number of H-pyrrole nitrogens is 1. The van der Waals surface area contributed by atoms with Gasteiger partial charge in [0.25, 0.3) is 0 Å². The first-order valence-electron chi connectivity index (χ1n) is 7.89. The first kappa shape index (κ1) is 15.5. The molecule has 5 heteroatoms. The topological polar surface area (TPSA) is 91.3 Å². The quantitative estimate of drug-likeness (QED) is 0.701. The van der Waals surface area contributed by atoms with Crippen LogP contribution in [0.4, 0.5) is 5.82 Å². The van der Waals surface area contributed by atoms with Gasteiger partial charge >= 0.3 is 0 Å². The van der Waals surface area contributed by atoms with Crippen LogP contribution < -0.4 is 11.5 Å². The Bertz CT molecular complexity index is 747. The lowest BCUT2D eigenvalue weighted by Crippen LogP contribution is -2.13. The third kappa shape index (κ3) is 2.92. The molecule has 0 amide bonds. The van der Waals surface area contributed by atoms with E-state index in [2.05, 4.69) is 23.9 Å². The number of phenolic OH excluding ortho intramolecular Hbond substituents is 1. The average molecular weight is 312 g/mol. The number of rotatable bonds is 3. The zero-order valence-electron chi connectivity index (χ0n) is 13.6. The van der Waals surface area contributed by atoms with Crippen molar-refractivity contribution in [3.63, 3.8) is 0 Å². The fourth-order valence-electron chi connectivity index (χ4n) is 3.37. The molecule has 0 saturated carbocycles. The Morgan fingerprint density at radius 1 is 1.39 bits per heavy atom. The van der Waals surface area contributed by atoms with E-state index in [0.717, 1.165) is 30.6 Å². The number of anilines is 1. The Morgan fingerprint density at radius 2 is 2.13 bits per heavy atom. The van der Waals surface area contributed by atoms with Crippen LogP contribution in [0.2, 0.25) is 0 Å². The Morgan fingerprint density at radius 3 is 2.78 bits per heavy atom. The molecule has 2 heterocycles. The van der Waals surface area contributed by atoms with Gasteiger partial charge in [0.2, 0.25) is 0 Å². The second-order valence-electron chi connectivity index (χ2n) is 6.36. The van der Waals surface area contributed by atoms with Crippen molar-refractivity contribution in [1.29, 1.82) is 0 Å². The summed E-state index contributed by atoms with van der Waals surface area (Å²) < 4.78 is 0. The molecule has 1 aliphatic heterocycles. The first-order valence-corrected chi connectivity index (χ1v) is 7.89. The maximum Gasteiger partial charge on any atom is 0.124 e. The summed E-state index contributed by atoms with van der Waals surface area (Å²) in [7, 11) is 2.14. The number of benzene rings is 1. The summed E-state index contributed by atoms with van der Waals surface area (Å²) >= 11 is 0. The van der Waals surface area contributed by atoms with Gasteiger partial charge in [-0.25, -0.2) is 0 Å². The number of nitrogens with zero attached hydrogens (tertiary/aromatic N) is 1. The van der Waals surface area contributed by atoms with Crippen LogP contribution in [0.15, 0.2) is 24.3 Å². The Balaban J connectivity index is 1.96. The van der Waals surface area contributed by atoms with Crippen LogP contribution >= 0.6 is 0 Å². The molecule has 0 radical (unpaired) electrons. The molecule has 1 aromatic carbocycles. The molecular weight excluding hydrogens is 288 g/mol. The molecule has 3 rings (SSSR count). The summed E-state index contributed by atoms with van der Waals surface area (Å²) in [6, 6.07) is 7.05. The highest BCUT2D eigenvalue weighted by Crippen LogP contribution is 2.34. The van der Waals surface area contributed by atoms with Crippen molar-refractivity contribution >= 4 is 17.6 Å². The van der Waals surface area contributed by atoms with Gasteiger partial charge in [0.1, 0.15) is 11.6 Å². The number of nitrogen functional groups attached to an aromatic ring is 1. The molecule has 1 aliphatic rings. The predicted octanol–water partition coefficient (Wildman–Crippen LogP) is 2.49. The molecule has 0 aliphatic carbocycles. The summed E-state index contributed by atoms with van der Waals surface area (Å²) in [4.78, 5) is 5.66. The molecule has 0 spiro atoms. The van der Waals surface area contributed by atoms with Crippen LogP contribution in [-0.4, -0.2) is 35.1 Å². The minimum absolute atomic E-state index is 0.172. The van der Waals surface area contributed by atoms with Crippen LogP contribution in [0.25, 0.3) is 11.8 Å². The van der Waals surface area contributed by atoms with E-state index in [1.165, 1.54) is 5.69 Å². The lowest BCUT2D eigenvalue weighted by molar-refractivity contribution is 0.411. The number of hydrogen-bond donors (Lipinski definition) is 4. The SMILES string of the molecule is Cc1c(C2CCN(C)C2)[nH]c(N)c1/C=C(\N)c1ccccc1O. The number of likely N-dealkylation sites (tertiary alicyclic amines) is 1. The van der Waals surface area contributed by atoms with Crippen molar-refractivity contribution in [2.75, 3.05) is 25.9 Å². The monoisotopic (exact) mass is 312 g/mol. The van der Waals surface area contributed by atoms with Crippen LogP contribution in [0.1, 0.15) is 34.7 Å². The van der Waals surface area contributed by atoms with Crippen molar-refractivity contribution in [3.05, 3.63) is 46.6 Å². The number of aromatic hydroxyl groups is 1. The molecule has 5 nitrogen and oxygen atoms in total. The minimum atomic E-state index is 0.172. The second kappa shape index (κ2) is 6.01. The van der Waals surface area contributed by atoms with Crippen molar-refractivity contribution in [3.8, 4) is 5.75 Å². The van der Waals surface area contributed by atoms with Crippen LogP contribution in [0.3, 0.4) is 0 Å². The van der Waals surface area contributed by atoms with Crippen molar-refractivity contribution in [2.45, 2.75) is 19.3 Å². The van der Waals surface area contributed by atoms with Gasteiger partial charge in [0.15, 0.2) is 0 Å². The van der Waals surface area contributed by atoms with Gasteiger partial charge in [0.05, 0.1) is 0 Å². The van der Waals surface area contributed by atoms with Gasteiger partial charge < -0.3 is 26.5 Å². The van der Waals surface area contributed by atoms with E-state index in [1.54, 1.807) is 18.2 Å². The average Bonchev–Trinajstić information content (AvgIpc) is 3.06. The smallest absolute Gasteiger partial charge is 0.124 e. The molecule has 1 unspecified atom stereocenters. The zero-order valence-corrected chi connectivity index (χ0v) is 13.6. The first-order chi connectivity index (χ1) is 11.0. The van der Waals surface area contributed by atoms with Crippen LogP contribution in [0, 0.1) is 6.92 Å². The molecule has 1 atom stereocenters. The van der Waals surface area contributed by atoms with Gasteiger partial charge in [-0.1, -0.05) is 12.1 Å². The Labute approximate surface area is 136 Å². The van der Waals surface area contributed by atoms with Crippen LogP contribution in [0.5, 0.6) is 5.75 Å². The number of aromatic amines is 1. The number of phenols is 1. The van der Waals surface area contributed by atoms with E-state index in [1.807, 2.05) is 12.1 Å². The molecule has 23 heavy (non-hydrogen) atoms. The van der Waals surface area contributed by atoms with E-state index >= 15 is 0 Å². The van der Waals surface area contributed by atoms with Gasteiger partial charge in [-0.2, -0.15) is 0 Å². The maximum atomic E-state index is 9.94. The maximum absolute atomic E-state index is 9.94. The van der Waals surface area contributed by atoms with Crippen molar-refractivity contribution in [2.24, 2.45) is 5.73 Å². The number of hydrogen-bond acceptors (Lipinski definition) is 4. The summed E-state index contributed by atoms with van der Waals surface area (Å²) in [5.74, 6) is 1.28. The largest absolute Gasteiger partial charge is 0.507 e. The molecule has 1 fully saturated rings. The molecule has 2 aromatic rings. The summed E-state index contributed by atoms with van der Waals surface area (Å²) in [6.45, 7) is 4.22. The molecule has 1 saturated heterocycles. The van der Waals surface area contributed by atoms with E-state index in [0.29, 0.717) is 23.0 Å². The summed E-state index contributed by atoms with van der Waals surface area (Å²) in [6.07, 6.45) is 2.98. The third-order valence-corrected chi connectivity index (χ3v) is 4.68. The fourth-order valence-corrected chi connectivity index (χ4v) is 3.37. The highest BCUT2D eigenvalue weighted by atomic mass is 16.3. The number of para-hydroxylation sites is 1. The highest BCUT2D eigenvalue weighted by Gasteiger charge is 2.25. The van der Waals surface area contributed by atoms with Gasteiger partial charge in [-0.15, -0.1) is 0 Å². The third-order valence-electron chi connectivity index (χ3n) is 4.68. The number of nitrogens with one attached hydrogen (secondary N) is 1.